The average molecular weight is 470 g/mol. The number of amides is 1. The number of hydrogen-bond acceptors (Lipinski definition) is 4. The zero-order valence-electron chi connectivity index (χ0n) is 22.6. The molecule has 0 aromatic carbocycles. The Balaban J connectivity index is 4.01. The van der Waals surface area contributed by atoms with Gasteiger partial charge in [0.15, 0.2) is 0 Å². The standard InChI is InChI=1S/C28H55NO4/c1-6-8-10-12-13-14-15-16-17-18-19-21-23-32-26(30)25(22-20-11-9-7-2)29-27(31)33-24-28(3,4)5/h25H,6-24H2,1-5H3,(H,29,31). The van der Waals surface area contributed by atoms with E-state index in [1.54, 1.807) is 0 Å². The molecule has 1 unspecified atom stereocenters. The van der Waals surface area contributed by atoms with Gasteiger partial charge < -0.3 is 14.8 Å². The van der Waals surface area contributed by atoms with E-state index in [4.69, 9.17) is 9.47 Å². The van der Waals surface area contributed by atoms with E-state index < -0.39 is 12.1 Å². The molecule has 0 rings (SSSR count). The van der Waals surface area contributed by atoms with Crippen molar-refractivity contribution in [1.82, 2.24) is 5.32 Å². The van der Waals surface area contributed by atoms with Crippen molar-refractivity contribution in [2.24, 2.45) is 5.41 Å². The molecule has 0 aliphatic heterocycles. The van der Waals surface area contributed by atoms with E-state index in [0.29, 0.717) is 19.6 Å². The van der Waals surface area contributed by atoms with Crippen LogP contribution < -0.4 is 5.32 Å². The summed E-state index contributed by atoms with van der Waals surface area (Å²) in [5, 5.41) is 2.73. The maximum Gasteiger partial charge on any atom is 0.407 e. The van der Waals surface area contributed by atoms with Gasteiger partial charge in [-0.1, -0.05) is 131 Å². The first-order valence-electron chi connectivity index (χ1n) is 13.9. The van der Waals surface area contributed by atoms with Crippen molar-refractivity contribution < 1.29 is 19.1 Å². The maximum absolute atomic E-state index is 12.6. The highest BCUT2D eigenvalue weighted by atomic mass is 16.6. The summed E-state index contributed by atoms with van der Waals surface area (Å²) < 4.78 is 10.8. The molecule has 0 spiro atoms. The normalized spacial score (nSPS) is 12.4. The van der Waals surface area contributed by atoms with Crippen LogP contribution >= 0.6 is 0 Å². The van der Waals surface area contributed by atoms with Crippen LogP contribution in [-0.2, 0) is 14.3 Å². The summed E-state index contributed by atoms with van der Waals surface area (Å²) >= 11 is 0. The molecule has 5 nitrogen and oxygen atoms in total. The van der Waals surface area contributed by atoms with Crippen molar-refractivity contribution in [2.75, 3.05) is 13.2 Å². The molecular formula is C28H55NO4. The molecule has 0 saturated heterocycles. The van der Waals surface area contributed by atoms with E-state index in [-0.39, 0.29) is 11.4 Å². The van der Waals surface area contributed by atoms with Crippen molar-refractivity contribution in [3.63, 3.8) is 0 Å². The van der Waals surface area contributed by atoms with Gasteiger partial charge >= 0.3 is 12.1 Å². The highest BCUT2D eigenvalue weighted by Gasteiger charge is 2.23. The molecule has 1 atom stereocenters. The molecule has 0 bridgehead atoms. The van der Waals surface area contributed by atoms with Crippen LogP contribution in [0, 0.1) is 5.41 Å². The first-order valence-corrected chi connectivity index (χ1v) is 13.9. The van der Waals surface area contributed by atoms with Crippen LogP contribution in [0.25, 0.3) is 0 Å². The van der Waals surface area contributed by atoms with Gasteiger partial charge in [-0.3, -0.25) is 0 Å². The fraction of sp³-hybridized carbons (Fsp3) is 0.929. The second-order valence-corrected chi connectivity index (χ2v) is 10.7. The van der Waals surface area contributed by atoms with Crippen LogP contribution in [0.1, 0.15) is 144 Å². The Morgan fingerprint density at radius 1 is 0.667 bits per heavy atom. The number of unbranched alkanes of at least 4 members (excludes halogenated alkanes) is 14. The van der Waals surface area contributed by atoms with Crippen LogP contribution in [0.2, 0.25) is 0 Å². The molecule has 0 aliphatic rings. The van der Waals surface area contributed by atoms with E-state index in [1.807, 2.05) is 20.8 Å². The molecule has 1 N–H and O–H groups in total. The van der Waals surface area contributed by atoms with Crippen molar-refractivity contribution in [3.05, 3.63) is 0 Å². The number of nitrogens with one attached hydrogen (secondary N) is 1. The monoisotopic (exact) mass is 469 g/mol. The van der Waals surface area contributed by atoms with Crippen molar-refractivity contribution in [2.45, 2.75) is 150 Å². The molecule has 0 fully saturated rings. The predicted octanol–water partition coefficient (Wildman–Crippen LogP) is 8.34. The summed E-state index contributed by atoms with van der Waals surface area (Å²) in [6.07, 6.45) is 19.6. The average Bonchev–Trinajstić information content (AvgIpc) is 2.77. The van der Waals surface area contributed by atoms with Gasteiger partial charge in [-0.15, -0.1) is 0 Å². The molecule has 0 heterocycles. The second kappa shape index (κ2) is 21.3. The maximum atomic E-state index is 12.6. The first-order chi connectivity index (χ1) is 15.8. The van der Waals surface area contributed by atoms with Gasteiger partial charge in [0, 0.05) is 0 Å². The summed E-state index contributed by atoms with van der Waals surface area (Å²) in [5.41, 5.74) is -0.108. The van der Waals surface area contributed by atoms with Crippen LogP contribution in [0.15, 0.2) is 0 Å². The minimum absolute atomic E-state index is 0.108. The van der Waals surface area contributed by atoms with E-state index in [2.05, 4.69) is 19.2 Å². The van der Waals surface area contributed by atoms with Gasteiger partial charge in [-0.2, -0.15) is 0 Å². The Hall–Kier alpha value is -1.26. The lowest BCUT2D eigenvalue weighted by atomic mass is 9.99. The second-order valence-electron chi connectivity index (χ2n) is 10.7. The number of alkyl carbamates (subject to hydrolysis) is 1. The minimum Gasteiger partial charge on any atom is -0.464 e. The topological polar surface area (TPSA) is 64.6 Å². The molecule has 0 radical (unpaired) electrons. The Bertz CT molecular complexity index is 473. The summed E-state index contributed by atoms with van der Waals surface area (Å²) in [6, 6.07) is -0.619. The molecular weight excluding hydrogens is 414 g/mol. The largest absolute Gasteiger partial charge is 0.464 e. The third-order valence-electron chi connectivity index (χ3n) is 5.80. The quantitative estimate of drug-likeness (QED) is 0.135. The summed E-state index contributed by atoms with van der Waals surface area (Å²) in [7, 11) is 0. The number of ether oxygens (including phenoxy) is 2. The zero-order valence-corrected chi connectivity index (χ0v) is 22.6. The van der Waals surface area contributed by atoms with E-state index in [1.165, 1.54) is 64.2 Å². The third-order valence-corrected chi connectivity index (χ3v) is 5.80. The van der Waals surface area contributed by atoms with Gasteiger partial charge in [0.05, 0.1) is 13.2 Å². The fourth-order valence-corrected chi connectivity index (χ4v) is 3.71. The Kier molecular flexibility index (Phi) is 20.5. The summed E-state index contributed by atoms with van der Waals surface area (Å²) in [6.45, 7) is 11.2. The molecule has 0 aromatic rings. The van der Waals surface area contributed by atoms with Gasteiger partial charge in [-0.05, 0) is 18.3 Å². The Morgan fingerprint density at radius 2 is 1.12 bits per heavy atom. The van der Waals surface area contributed by atoms with E-state index >= 15 is 0 Å². The highest BCUT2D eigenvalue weighted by Crippen LogP contribution is 2.14. The third kappa shape index (κ3) is 22.3. The molecule has 1 amide bonds. The van der Waals surface area contributed by atoms with Gasteiger partial charge in [0.2, 0.25) is 0 Å². The van der Waals surface area contributed by atoms with E-state index in [9.17, 15) is 9.59 Å². The van der Waals surface area contributed by atoms with Crippen LogP contribution in [0.4, 0.5) is 4.79 Å². The molecule has 0 saturated carbocycles. The number of carbonyl (C=O) groups is 2. The molecule has 5 heteroatoms. The lowest BCUT2D eigenvalue weighted by Gasteiger charge is -2.21. The number of carbonyl (C=O) groups excluding carboxylic acids is 2. The molecule has 0 aromatic heterocycles. The number of hydrogen-bond donors (Lipinski definition) is 1. The van der Waals surface area contributed by atoms with Crippen LogP contribution in [-0.4, -0.2) is 31.3 Å². The minimum atomic E-state index is -0.619. The van der Waals surface area contributed by atoms with Crippen molar-refractivity contribution >= 4 is 12.1 Å². The SMILES string of the molecule is CCCCCCCCCCCCCCOC(=O)C(CCCCCC)NC(=O)OCC(C)(C)C. The lowest BCUT2D eigenvalue weighted by molar-refractivity contribution is -0.146. The lowest BCUT2D eigenvalue weighted by Crippen LogP contribution is -2.43. The predicted molar refractivity (Wildman–Crippen MR) is 139 cm³/mol. The zero-order chi connectivity index (χ0) is 24.8. The van der Waals surface area contributed by atoms with Crippen molar-refractivity contribution in [3.8, 4) is 0 Å². The molecule has 0 aliphatic carbocycles. The Labute approximate surface area is 205 Å². The first kappa shape index (κ1) is 31.7. The Morgan fingerprint density at radius 3 is 1.61 bits per heavy atom. The molecule has 33 heavy (non-hydrogen) atoms. The van der Waals surface area contributed by atoms with Gasteiger partial charge in [0.1, 0.15) is 6.04 Å². The fourth-order valence-electron chi connectivity index (χ4n) is 3.71. The van der Waals surface area contributed by atoms with Crippen LogP contribution in [0.3, 0.4) is 0 Å². The van der Waals surface area contributed by atoms with Crippen molar-refractivity contribution in [1.29, 1.82) is 0 Å². The highest BCUT2D eigenvalue weighted by molar-refractivity contribution is 5.81. The molecule has 196 valence electrons. The summed E-state index contributed by atoms with van der Waals surface area (Å²) in [4.78, 5) is 24.7. The summed E-state index contributed by atoms with van der Waals surface area (Å²) in [5.74, 6) is -0.331. The smallest absolute Gasteiger partial charge is 0.407 e. The van der Waals surface area contributed by atoms with Gasteiger partial charge in [-0.25, -0.2) is 9.59 Å². The number of esters is 1. The van der Waals surface area contributed by atoms with E-state index in [0.717, 1.165) is 38.5 Å². The number of rotatable bonds is 21. The van der Waals surface area contributed by atoms with Crippen LogP contribution in [0.5, 0.6) is 0 Å². The van der Waals surface area contributed by atoms with Gasteiger partial charge in [0.25, 0.3) is 0 Å².